The topological polar surface area (TPSA) is 17.8 Å². The molecule has 102 valence electrons. The van der Waals surface area contributed by atoms with Crippen molar-refractivity contribution >= 4 is 22.6 Å². The van der Waals surface area contributed by atoms with Crippen molar-refractivity contribution in [3.8, 4) is 5.69 Å². The smallest absolute Gasteiger partial charge is 0.196 e. The molecule has 0 fully saturated rings. The number of aromatic nitrogens is 2. The zero-order valence-electron chi connectivity index (χ0n) is 10.1. The van der Waals surface area contributed by atoms with Crippen LogP contribution in [0.2, 0.25) is 0 Å². The third kappa shape index (κ3) is 1.86. The van der Waals surface area contributed by atoms with Gasteiger partial charge in [0, 0.05) is 0 Å². The fourth-order valence-corrected chi connectivity index (χ4v) is 2.30. The van der Waals surface area contributed by atoms with Gasteiger partial charge in [-0.3, -0.25) is 4.57 Å². The highest BCUT2D eigenvalue weighted by Gasteiger charge is 2.19. The fourth-order valence-electron chi connectivity index (χ4n) is 2.12. The molecule has 2 nitrogen and oxygen atoms in total. The van der Waals surface area contributed by atoms with Crippen molar-refractivity contribution < 1.29 is 13.2 Å². The second-order valence-corrected chi connectivity index (χ2v) is 4.45. The summed E-state index contributed by atoms with van der Waals surface area (Å²) >= 11 is 5.80. The van der Waals surface area contributed by atoms with Crippen LogP contribution in [0.5, 0.6) is 0 Å². The Balaban J connectivity index is 2.37. The predicted molar refractivity (Wildman–Crippen MR) is 70.5 cm³/mol. The molecule has 0 aliphatic carbocycles. The zero-order valence-corrected chi connectivity index (χ0v) is 10.8. The van der Waals surface area contributed by atoms with Crippen LogP contribution in [-0.2, 0) is 5.88 Å². The number of hydrogen-bond acceptors (Lipinski definition) is 1. The Hall–Kier alpha value is -2.01. The first-order chi connectivity index (χ1) is 9.63. The van der Waals surface area contributed by atoms with Gasteiger partial charge in [-0.05, 0) is 24.3 Å². The number of nitrogens with zero attached hydrogens (tertiary/aromatic N) is 2. The van der Waals surface area contributed by atoms with Crippen LogP contribution in [0.3, 0.4) is 0 Å². The maximum Gasteiger partial charge on any atom is 0.196 e. The zero-order chi connectivity index (χ0) is 14.3. The Morgan fingerprint density at radius 3 is 2.50 bits per heavy atom. The molecule has 3 rings (SSSR count). The largest absolute Gasteiger partial charge is 0.292 e. The van der Waals surface area contributed by atoms with Gasteiger partial charge in [0.2, 0.25) is 0 Å². The van der Waals surface area contributed by atoms with Crippen LogP contribution in [0.25, 0.3) is 16.7 Å². The maximum absolute atomic E-state index is 14.0. The minimum Gasteiger partial charge on any atom is -0.292 e. The number of imidazole rings is 1. The van der Waals surface area contributed by atoms with Gasteiger partial charge in [0.25, 0.3) is 0 Å². The van der Waals surface area contributed by atoms with Crippen LogP contribution < -0.4 is 0 Å². The molecule has 0 aliphatic rings. The highest BCUT2D eigenvalue weighted by Crippen LogP contribution is 2.26. The summed E-state index contributed by atoms with van der Waals surface area (Å²) in [6.07, 6.45) is 0. The molecule has 0 unspecified atom stereocenters. The first-order valence-electron chi connectivity index (χ1n) is 5.79. The summed E-state index contributed by atoms with van der Waals surface area (Å²) in [7, 11) is 0. The SMILES string of the molecule is Fc1ccc(-n2c(CCl)nc3ccccc32)c(F)c1F. The van der Waals surface area contributed by atoms with Crippen LogP contribution in [0, 0.1) is 17.5 Å². The van der Waals surface area contributed by atoms with E-state index in [1.807, 2.05) is 0 Å². The molecule has 0 atom stereocenters. The average Bonchev–Trinajstić information content (AvgIpc) is 2.84. The lowest BCUT2D eigenvalue weighted by atomic mass is 10.2. The van der Waals surface area contributed by atoms with Crippen molar-refractivity contribution in [3.05, 3.63) is 59.7 Å². The molecule has 6 heteroatoms. The van der Waals surface area contributed by atoms with Gasteiger partial charge in [-0.2, -0.15) is 0 Å². The Morgan fingerprint density at radius 1 is 1.00 bits per heavy atom. The van der Waals surface area contributed by atoms with Crippen LogP contribution in [0.15, 0.2) is 36.4 Å². The molecule has 1 heterocycles. The lowest BCUT2D eigenvalue weighted by molar-refractivity contribution is 0.444. The van der Waals surface area contributed by atoms with Crippen molar-refractivity contribution in [1.82, 2.24) is 9.55 Å². The molecule has 3 aromatic rings. The lowest BCUT2D eigenvalue weighted by Crippen LogP contribution is -2.05. The molecule has 0 spiro atoms. The monoisotopic (exact) mass is 296 g/mol. The number of benzene rings is 2. The van der Waals surface area contributed by atoms with Gasteiger partial charge < -0.3 is 0 Å². The first kappa shape index (κ1) is 13.0. The molecule has 0 saturated heterocycles. The van der Waals surface area contributed by atoms with E-state index in [-0.39, 0.29) is 11.6 Å². The van der Waals surface area contributed by atoms with Gasteiger partial charge in [-0.1, -0.05) is 12.1 Å². The van der Waals surface area contributed by atoms with Crippen molar-refractivity contribution in [1.29, 1.82) is 0 Å². The normalized spacial score (nSPS) is 11.2. The predicted octanol–water partition coefficient (Wildman–Crippen LogP) is 4.18. The molecule has 0 bridgehead atoms. The van der Waals surface area contributed by atoms with Crippen molar-refractivity contribution in [3.63, 3.8) is 0 Å². The lowest BCUT2D eigenvalue weighted by Gasteiger charge is -2.09. The minimum absolute atomic E-state index is 0.0209. The van der Waals surface area contributed by atoms with Crippen LogP contribution in [-0.4, -0.2) is 9.55 Å². The van der Waals surface area contributed by atoms with E-state index in [4.69, 9.17) is 11.6 Å². The second-order valence-electron chi connectivity index (χ2n) is 4.18. The highest BCUT2D eigenvalue weighted by atomic mass is 35.5. The van der Waals surface area contributed by atoms with Crippen molar-refractivity contribution in [2.45, 2.75) is 5.88 Å². The van der Waals surface area contributed by atoms with Gasteiger partial charge >= 0.3 is 0 Å². The van der Waals surface area contributed by atoms with Gasteiger partial charge in [-0.15, -0.1) is 11.6 Å². The van der Waals surface area contributed by atoms with E-state index in [2.05, 4.69) is 4.98 Å². The van der Waals surface area contributed by atoms with E-state index in [1.54, 1.807) is 24.3 Å². The number of hydrogen-bond donors (Lipinski definition) is 0. The molecule has 0 amide bonds. The molecule has 0 radical (unpaired) electrons. The first-order valence-corrected chi connectivity index (χ1v) is 6.33. The molecule has 1 aromatic heterocycles. The molecule has 0 N–H and O–H groups in total. The van der Waals surface area contributed by atoms with Gasteiger partial charge in [0.1, 0.15) is 5.82 Å². The van der Waals surface area contributed by atoms with Crippen LogP contribution >= 0.6 is 11.6 Å². The summed E-state index contributed by atoms with van der Waals surface area (Å²) in [5.74, 6) is -3.63. The van der Waals surface area contributed by atoms with Crippen molar-refractivity contribution in [2.24, 2.45) is 0 Å². The van der Waals surface area contributed by atoms with E-state index in [1.165, 1.54) is 4.57 Å². The highest BCUT2D eigenvalue weighted by molar-refractivity contribution is 6.17. The Morgan fingerprint density at radius 2 is 1.75 bits per heavy atom. The van der Waals surface area contributed by atoms with Crippen molar-refractivity contribution in [2.75, 3.05) is 0 Å². The molecule has 0 saturated carbocycles. The van der Waals surface area contributed by atoms with E-state index >= 15 is 0 Å². The van der Waals surface area contributed by atoms with E-state index in [0.29, 0.717) is 16.9 Å². The number of halogens is 4. The number of para-hydroxylation sites is 2. The third-order valence-electron chi connectivity index (χ3n) is 3.01. The van der Waals surface area contributed by atoms with Gasteiger partial charge in [0.15, 0.2) is 17.5 Å². The summed E-state index contributed by atoms with van der Waals surface area (Å²) in [6.45, 7) is 0. The second kappa shape index (κ2) is 4.83. The van der Waals surface area contributed by atoms with Crippen LogP contribution in [0.4, 0.5) is 13.2 Å². The molecular formula is C14H8ClF3N2. The van der Waals surface area contributed by atoms with E-state index < -0.39 is 17.5 Å². The van der Waals surface area contributed by atoms with Crippen LogP contribution in [0.1, 0.15) is 5.82 Å². The average molecular weight is 297 g/mol. The summed E-state index contributed by atoms with van der Waals surface area (Å²) in [4.78, 5) is 4.25. The van der Waals surface area contributed by atoms with E-state index in [0.717, 1.165) is 12.1 Å². The molecule has 0 aliphatic heterocycles. The van der Waals surface area contributed by atoms with Gasteiger partial charge in [0.05, 0.1) is 22.6 Å². The van der Waals surface area contributed by atoms with Gasteiger partial charge in [-0.25, -0.2) is 18.2 Å². The Bertz CT molecular complexity index is 798. The maximum atomic E-state index is 14.0. The Kier molecular flexibility index (Phi) is 3.14. The number of alkyl halides is 1. The number of rotatable bonds is 2. The number of fused-ring (bicyclic) bond motifs is 1. The molecule has 20 heavy (non-hydrogen) atoms. The third-order valence-corrected chi connectivity index (χ3v) is 3.24. The summed E-state index contributed by atoms with van der Waals surface area (Å²) < 4.78 is 41.8. The minimum atomic E-state index is -1.51. The fraction of sp³-hybridized carbons (Fsp3) is 0.0714. The van der Waals surface area contributed by atoms with E-state index in [9.17, 15) is 13.2 Å². The quantitative estimate of drug-likeness (QED) is 0.512. The molecular weight excluding hydrogens is 289 g/mol. The summed E-state index contributed by atoms with van der Waals surface area (Å²) in [5, 5.41) is 0. The molecule has 2 aromatic carbocycles. The summed E-state index contributed by atoms with van der Waals surface area (Å²) in [6, 6.07) is 9.01. The summed E-state index contributed by atoms with van der Waals surface area (Å²) in [5.41, 5.74) is 1.06. The standard InChI is InChI=1S/C14H8ClF3N2/c15-7-12-19-9-3-1-2-4-10(9)20(12)11-6-5-8(16)13(17)14(11)18/h1-6H,7H2. The Labute approximate surface area is 117 Å².